The Bertz CT molecular complexity index is 257. The van der Waals surface area contributed by atoms with E-state index in [2.05, 4.69) is 13.8 Å². The molecule has 0 N–H and O–H groups in total. The summed E-state index contributed by atoms with van der Waals surface area (Å²) in [6.45, 7) is 4.39. The quantitative estimate of drug-likeness (QED) is 0.579. The van der Waals surface area contributed by atoms with Gasteiger partial charge >= 0.3 is 0 Å². The van der Waals surface area contributed by atoms with Gasteiger partial charge in [0.05, 0.1) is 5.41 Å². The van der Waals surface area contributed by atoms with Gasteiger partial charge in [0, 0.05) is 6.42 Å². The third-order valence-electron chi connectivity index (χ3n) is 4.19. The van der Waals surface area contributed by atoms with E-state index < -0.39 is 0 Å². The van der Waals surface area contributed by atoms with Crippen molar-refractivity contribution < 1.29 is 4.79 Å². The molecule has 2 rings (SSSR count). The topological polar surface area (TPSA) is 17.1 Å². The molecule has 0 saturated heterocycles. The Morgan fingerprint density at radius 1 is 1.58 bits per heavy atom. The molecule has 2 aliphatic rings. The van der Waals surface area contributed by atoms with E-state index >= 15 is 0 Å². The molecular weight excluding hydrogens is 168 g/mol. The molecule has 0 amide bonds. The lowest BCUT2D eigenvalue weighted by atomic mass is 9.70. The highest BCUT2D eigenvalue weighted by molar-refractivity contribution is 7.79. The van der Waals surface area contributed by atoms with Crippen LogP contribution < -0.4 is 0 Å². The standard InChI is InChI=1S/C10H14OS/c1-9(2)7-3-4-10(9,6-12)8(11)5-7/h6-7H,3-5H2,1-2H3. The molecule has 0 radical (unpaired) electrons. The van der Waals surface area contributed by atoms with Crippen LogP contribution in [-0.4, -0.2) is 11.2 Å². The summed E-state index contributed by atoms with van der Waals surface area (Å²) < 4.78 is 0. The Morgan fingerprint density at radius 2 is 2.25 bits per heavy atom. The van der Waals surface area contributed by atoms with E-state index in [1.54, 1.807) is 5.37 Å². The minimum absolute atomic E-state index is 0.131. The molecule has 0 heterocycles. The lowest BCUT2D eigenvalue weighted by molar-refractivity contribution is -0.125. The van der Waals surface area contributed by atoms with Gasteiger partial charge in [-0.15, -0.1) is 0 Å². The van der Waals surface area contributed by atoms with E-state index in [4.69, 9.17) is 12.2 Å². The predicted molar refractivity (Wildman–Crippen MR) is 52.2 cm³/mol. The highest BCUT2D eigenvalue weighted by Gasteiger charge is 2.62. The van der Waals surface area contributed by atoms with Crippen molar-refractivity contribution in [1.82, 2.24) is 0 Å². The van der Waals surface area contributed by atoms with Gasteiger partial charge in [0.2, 0.25) is 0 Å². The molecule has 2 fully saturated rings. The van der Waals surface area contributed by atoms with Crippen LogP contribution in [0.15, 0.2) is 0 Å². The number of carbonyl (C=O) groups is 1. The highest BCUT2D eigenvalue weighted by atomic mass is 32.1. The van der Waals surface area contributed by atoms with Crippen LogP contribution in [0.3, 0.4) is 0 Å². The summed E-state index contributed by atoms with van der Waals surface area (Å²) in [7, 11) is 0. The van der Waals surface area contributed by atoms with Crippen molar-refractivity contribution in [3.63, 3.8) is 0 Å². The summed E-state index contributed by atoms with van der Waals surface area (Å²) >= 11 is 5.03. The fourth-order valence-corrected chi connectivity index (χ4v) is 3.54. The van der Waals surface area contributed by atoms with Crippen LogP contribution in [0.5, 0.6) is 0 Å². The summed E-state index contributed by atoms with van der Waals surface area (Å²) in [5, 5.41) is 1.74. The Morgan fingerprint density at radius 3 is 2.50 bits per heavy atom. The summed E-state index contributed by atoms with van der Waals surface area (Å²) in [4.78, 5) is 11.7. The van der Waals surface area contributed by atoms with Crippen LogP contribution in [0.4, 0.5) is 0 Å². The normalized spacial score (nSPS) is 43.5. The number of thiocarbonyl (C=S) groups is 1. The first kappa shape index (κ1) is 8.36. The van der Waals surface area contributed by atoms with Gasteiger partial charge in [-0.05, 0) is 29.5 Å². The number of rotatable bonds is 1. The third-order valence-corrected chi connectivity index (χ3v) is 4.59. The molecule has 66 valence electrons. The second kappa shape index (κ2) is 2.16. The van der Waals surface area contributed by atoms with Crippen LogP contribution in [0, 0.1) is 16.7 Å². The van der Waals surface area contributed by atoms with Crippen molar-refractivity contribution in [1.29, 1.82) is 0 Å². The zero-order valence-electron chi connectivity index (χ0n) is 7.59. The van der Waals surface area contributed by atoms with E-state index in [-0.39, 0.29) is 10.8 Å². The van der Waals surface area contributed by atoms with Gasteiger partial charge in [0.15, 0.2) is 0 Å². The molecule has 12 heavy (non-hydrogen) atoms. The average molecular weight is 182 g/mol. The molecule has 0 aromatic rings. The van der Waals surface area contributed by atoms with E-state index in [0.29, 0.717) is 11.7 Å². The molecule has 2 atom stereocenters. The van der Waals surface area contributed by atoms with Gasteiger partial charge in [0.1, 0.15) is 5.78 Å². The second-order valence-electron chi connectivity index (χ2n) is 4.67. The van der Waals surface area contributed by atoms with Crippen LogP contribution in [-0.2, 0) is 4.79 Å². The minimum atomic E-state index is -0.243. The number of carbonyl (C=O) groups excluding carboxylic acids is 1. The number of hydrogen-bond donors (Lipinski definition) is 0. The van der Waals surface area contributed by atoms with Gasteiger partial charge < -0.3 is 0 Å². The summed E-state index contributed by atoms with van der Waals surface area (Å²) in [6, 6.07) is 0. The molecule has 2 heteroatoms. The first-order chi connectivity index (χ1) is 5.54. The van der Waals surface area contributed by atoms with Crippen LogP contribution in [0.25, 0.3) is 0 Å². The second-order valence-corrected chi connectivity index (χ2v) is 4.91. The number of ketones is 1. The molecule has 2 unspecified atom stereocenters. The monoisotopic (exact) mass is 182 g/mol. The van der Waals surface area contributed by atoms with Crippen LogP contribution >= 0.6 is 12.2 Å². The maximum atomic E-state index is 11.7. The fraction of sp³-hybridized carbons (Fsp3) is 0.800. The Kier molecular flexibility index (Phi) is 1.51. The van der Waals surface area contributed by atoms with Crippen molar-refractivity contribution in [2.45, 2.75) is 33.1 Å². The number of Topliss-reactive ketones (excluding diaryl/α,β-unsaturated/α-hetero) is 1. The molecule has 0 spiro atoms. The number of fused-ring (bicyclic) bond motifs is 2. The zero-order valence-corrected chi connectivity index (χ0v) is 8.41. The Hall–Kier alpha value is -0.240. The largest absolute Gasteiger partial charge is 0.299 e. The molecule has 2 bridgehead atoms. The fourth-order valence-electron chi connectivity index (χ4n) is 2.99. The predicted octanol–water partition coefficient (Wildman–Crippen LogP) is 2.38. The maximum absolute atomic E-state index is 11.7. The molecule has 1 nitrogen and oxygen atoms in total. The third kappa shape index (κ3) is 0.657. The van der Waals surface area contributed by atoms with Crippen molar-refractivity contribution in [2.75, 3.05) is 0 Å². The lowest BCUT2D eigenvalue weighted by Gasteiger charge is -2.32. The van der Waals surface area contributed by atoms with Crippen molar-refractivity contribution >= 4 is 23.4 Å². The van der Waals surface area contributed by atoms with Gasteiger partial charge in [0.25, 0.3) is 0 Å². The van der Waals surface area contributed by atoms with Gasteiger partial charge in [-0.1, -0.05) is 26.1 Å². The van der Waals surface area contributed by atoms with E-state index in [9.17, 15) is 4.79 Å². The van der Waals surface area contributed by atoms with Gasteiger partial charge in [-0.3, -0.25) is 4.79 Å². The average Bonchev–Trinajstić information content (AvgIpc) is 2.36. The van der Waals surface area contributed by atoms with E-state index in [1.807, 2.05) is 0 Å². The Labute approximate surface area is 78.5 Å². The first-order valence-corrected chi connectivity index (χ1v) is 5.01. The molecule has 2 saturated carbocycles. The molecule has 0 aliphatic heterocycles. The van der Waals surface area contributed by atoms with Crippen molar-refractivity contribution in [3.8, 4) is 0 Å². The number of hydrogen-bond acceptors (Lipinski definition) is 2. The van der Waals surface area contributed by atoms with Crippen molar-refractivity contribution in [2.24, 2.45) is 16.7 Å². The molecule has 2 aliphatic carbocycles. The van der Waals surface area contributed by atoms with E-state index in [0.717, 1.165) is 12.8 Å². The van der Waals surface area contributed by atoms with Crippen LogP contribution in [0.2, 0.25) is 0 Å². The van der Waals surface area contributed by atoms with Crippen LogP contribution in [0.1, 0.15) is 33.1 Å². The summed E-state index contributed by atoms with van der Waals surface area (Å²) in [5.41, 5.74) is -0.112. The minimum Gasteiger partial charge on any atom is -0.299 e. The smallest absolute Gasteiger partial charge is 0.144 e. The highest BCUT2D eigenvalue weighted by Crippen LogP contribution is 2.62. The lowest BCUT2D eigenvalue weighted by Crippen LogP contribution is -2.36. The van der Waals surface area contributed by atoms with Crippen molar-refractivity contribution in [3.05, 3.63) is 0 Å². The van der Waals surface area contributed by atoms with Gasteiger partial charge in [-0.2, -0.15) is 0 Å². The SMILES string of the molecule is CC1(C)C2CCC1(C=S)C(=O)C2. The molecular formula is C10H14OS. The van der Waals surface area contributed by atoms with Gasteiger partial charge in [-0.25, -0.2) is 0 Å². The Balaban J connectivity index is 2.52. The van der Waals surface area contributed by atoms with E-state index in [1.165, 1.54) is 6.42 Å². The maximum Gasteiger partial charge on any atom is 0.144 e. The molecule has 0 aromatic carbocycles. The zero-order chi connectivity index (χ0) is 8.98. The summed E-state index contributed by atoms with van der Waals surface area (Å²) in [6.07, 6.45) is 2.94. The summed E-state index contributed by atoms with van der Waals surface area (Å²) in [5.74, 6) is 0.975. The molecule has 0 aromatic heterocycles. The first-order valence-electron chi connectivity index (χ1n) is 4.54.